The Balaban J connectivity index is 2.06. The standard InChI is InChI=1S/C13H12N4O2/c1-9-3-2-4-11(5-9)19-8-12(18)17-13(15)10(6-14)7-16-17/h2-5,7H,8,15H2,1H3. The zero-order valence-corrected chi connectivity index (χ0v) is 10.3. The number of hydrogen-bond acceptors (Lipinski definition) is 5. The van der Waals surface area contributed by atoms with Crippen LogP contribution in [0.1, 0.15) is 15.9 Å². The molecule has 2 N–H and O–H groups in total. The van der Waals surface area contributed by atoms with Crippen molar-refractivity contribution in [3.05, 3.63) is 41.6 Å². The van der Waals surface area contributed by atoms with Crippen LogP contribution in [-0.2, 0) is 0 Å². The lowest BCUT2D eigenvalue weighted by atomic mass is 10.2. The summed E-state index contributed by atoms with van der Waals surface area (Å²) in [7, 11) is 0. The molecule has 2 rings (SSSR count). The van der Waals surface area contributed by atoms with E-state index < -0.39 is 5.91 Å². The van der Waals surface area contributed by atoms with Crippen LogP contribution in [0.4, 0.5) is 5.82 Å². The summed E-state index contributed by atoms with van der Waals surface area (Å²) in [5.41, 5.74) is 6.82. The molecule has 1 heterocycles. The Labute approximate surface area is 110 Å². The second-order valence-electron chi connectivity index (χ2n) is 3.97. The SMILES string of the molecule is Cc1cccc(OCC(=O)n2ncc(C#N)c2N)c1. The van der Waals surface area contributed by atoms with Crippen molar-refractivity contribution in [2.75, 3.05) is 12.3 Å². The van der Waals surface area contributed by atoms with Gasteiger partial charge in [0.15, 0.2) is 6.61 Å². The topological polar surface area (TPSA) is 93.9 Å². The average Bonchev–Trinajstić information content (AvgIpc) is 2.77. The first-order valence-corrected chi connectivity index (χ1v) is 5.58. The summed E-state index contributed by atoms with van der Waals surface area (Å²) in [6.07, 6.45) is 1.25. The maximum absolute atomic E-state index is 11.8. The van der Waals surface area contributed by atoms with E-state index in [0.29, 0.717) is 5.75 Å². The summed E-state index contributed by atoms with van der Waals surface area (Å²) in [5, 5.41) is 12.5. The molecule has 0 unspecified atom stereocenters. The molecule has 6 heteroatoms. The van der Waals surface area contributed by atoms with E-state index in [2.05, 4.69) is 5.10 Å². The Kier molecular flexibility index (Phi) is 3.48. The van der Waals surface area contributed by atoms with E-state index in [9.17, 15) is 4.79 Å². The van der Waals surface area contributed by atoms with Gasteiger partial charge in [0.25, 0.3) is 5.91 Å². The fourth-order valence-corrected chi connectivity index (χ4v) is 1.55. The first kappa shape index (κ1) is 12.6. The highest BCUT2D eigenvalue weighted by molar-refractivity contribution is 5.83. The fraction of sp³-hybridized carbons (Fsp3) is 0.154. The van der Waals surface area contributed by atoms with Gasteiger partial charge < -0.3 is 10.5 Å². The van der Waals surface area contributed by atoms with Gasteiger partial charge in [-0.2, -0.15) is 15.0 Å². The minimum absolute atomic E-state index is 0.0281. The van der Waals surface area contributed by atoms with E-state index in [1.807, 2.05) is 31.2 Å². The molecule has 0 saturated carbocycles. The molecular formula is C13H12N4O2. The van der Waals surface area contributed by atoms with E-state index >= 15 is 0 Å². The van der Waals surface area contributed by atoms with Crippen LogP contribution in [0.2, 0.25) is 0 Å². The van der Waals surface area contributed by atoms with Gasteiger partial charge in [-0.1, -0.05) is 12.1 Å². The van der Waals surface area contributed by atoms with Crippen molar-refractivity contribution < 1.29 is 9.53 Å². The van der Waals surface area contributed by atoms with Gasteiger partial charge in [-0.05, 0) is 24.6 Å². The monoisotopic (exact) mass is 256 g/mol. The zero-order valence-electron chi connectivity index (χ0n) is 10.3. The Bertz CT molecular complexity index is 655. The van der Waals surface area contributed by atoms with Crippen molar-refractivity contribution in [2.24, 2.45) is 0 Å². The number of nitriles is 1. The molecule has 0 amide bonds. The smallest absolute Gasteiger partial charge is 0.286 e. The van der Waals surface area contributed by atoms with Gasteiger partial charge in [-0.15, -0.1) is 0 Å². The molecule has 1 aromatic carbocycles. The number of hydrogen-bond donors (Lipinski definition) is 1. The molecule has 0 aliphatic rings. The summed E-state index contributed by atoms with van der Waals surface area (Å²) >= 11 is 0. The van der Waals surface area contributed by atoms with Crippen molar-refractivity contribution in [1.82, 2.24) is 9.78 Å². The molecule has 0 atom stereocenters. The minimum atomic E-state index is -0.430. The number of nitrogen functional groups attached to an aromatic ring is 1. The zero-order chi connectivity index (χ0) is 13.8. The van der Waals surface area contributed by atoms with Gasteiger partial charge in [0.1, 0.15) is 23.2 Å². The molecule has 0 aliphatic carbocycles. The summed E-state index contributed by atoms with van der Waals surface area (Å²) in [6, 6.07) is 9.20. The van der Waals surface area contributed by atoms with E-state index in [1.54, 1.807) is 6.07 Å². The number of aromatic nitrogens is 2. The highest BCUT2D eigenvalue weighted by Crippen LogP contribution is 2.13. The van der Waals surface area contributed by atoms with Crippen LogP contribution in [0.3, 0.4) is 0 Å². The lowest BCUT2D eigenvalue weighted by Gasteiger charge is -2.06. The Morgan fingerprint density at radius 1 is 1.58 bits per heavy atom. The van der Waals surface area contributed by atoms with Crippen molar-refractivity contribution in [2.45, 2.75) is 6.92 Å². The van der Waals surface area contributed by atoms with Gasteiger partial charge in [0, 0.05) is 0 Å². The molecular weight excluding hydrogens is 244 g/mol. The number of carbonyl (C=O) groups is 1. The summed E-state index contributed by atoms with van der Waals surface area (Å²) < 4.78 is 6.32. The molecule has 0 fully saturated rings. The minimum Gasteiger partial charge on any atom is -0.484 e. The molecule has 2 aromatic rings. The van der Waals surface area contributed by atoms with Crippen molar-refractivity contribution in [3.63, 3.8) is 0 Å². The van der Waals surface area contributed by atoms with Gasteiger partial charge in [-0.25, -0.2) is 0 Å². The molecule has 0 bridgehead atoms. The molecule has 6 nitrogen and oxygen atoms in total. The second kappa shape index (κ2) is 5.23. The molecule has 0 aliphatic heterocycles. The van der Waals surface area contributed by atoms with Crippen LogP contribution in [0, 0.1) is 18.3 Å². The maximum Gasteiger partial charge on any atom is 0.286 e. The molecule has 0 spiro atoms. The van der Waals surface area contributed by atoms with E-state index in [1.165, 1.54) is 6.20 Å². The third-order valence-electron chi connectivity index (χ3n) is 2.51. The normalized spacial score (nSPS) is 9.89. The van der Waals surface area contributed by atoms with Gasteiger partial charge in [0.2, 0.25) is 0 Å². The number of anilines is 1. The predicted octanol–water partition coefficient (Wildman–Crippen LogP) is 1.36. The molecule has 19 heavy (non-hydrogen) atoms. The van der Waals surface area contributed by atoms with Crippen molar-refractivity contribution in [3.8, 4) is 11.8 Å². The lowest BCUT2D eigenvalue weighted by Crippen LogP contribution is -2.22. The number of nitrogens with zero attached hydrogens (tertiary/aromatic N) is 3. The fourth-order valence-electron chi connectivity index (χ4n) is 1.55. The number of carbonyl (C=O) groups excluding carboxylic acids is 1. The van der Waals surface area contributed by atoms with Gasteiger partial charge in [0.05, 0.1) is 6.20 Å². The number of ether oxygens (including phenoxy) is 1. The van der Waals surface area contributed by atoms with Gasteiger partial charge >= 0.3 is 0 Å². The Morgan fingerprint density at radius 3 is 3.00 bits per heavy atom. The summed E-state index contributed by atoms with van der Waals surface area (Å²) in [4.78, 5) is 11.8. The summed E-state index contributed by atoms with van der Waals surface area (Å²) in [6.45, 7) is 1.74. The van der Waals surface area contributed by atoms with Crippen LogP contribution in [0.5, 0.6) is 5.75 Å². The lowest BCUT2D eigenvalue weighted by molar-refractivity contribution is 0.0824. The van der Waals surface area contributed by atoms with Crippen molar-refractivity contribution >= 4 is 11.7 Å². The maximum atomic E-state index is 11.8. The van der Waals surface area contributed by atoms with E-state index in [-0.39, 0.29) is 18.0 Å². The second-order valence-corrected chi connectivity index (χ2v) is 3.97. The molecule has 0 radical (unpaired) electrons. The number of rotatable bonds is 3. The first-order chi connectivity index (χ1) is 9.11. The first-order valence-electron chi connectivity index (χ1n) is 5.58. The summed E-state index contributed by atoms with van der Waals surface area (Å²) in [5.74, 6) is 0.195. The third kappa shape index (κ3) is 2.72. The Morgan fingerprint density at radius 2 is 2.37 bits per heavy atom. The quantitative estimate of drug-likeness (QED) is 0.894. The van der Waals surface area contributed by atoms with E-state index in [4.69, 9.17) is 15.7 Å². The van der Waals surface area contributed by atoms with Crippen LogP contribution < -0.4 is 10.5 Å². The van der Waals surface area contributed by atoms with Crippen LogP contribution >= 0.6 is 0 Å². The van der Waals surface area contributed by atoms with Gasteiger partial charge in [-0.3, -0.25) is 4.79 Å². The highest BCUT2D eigenvalue weighted by Gasteiger charge is 2.14. The molecule has 96 valence electrons. The van der Waals surface area contributed by atoms with E-state index in [0.717, 1.165) is 10.2 Å². The van der Waals surface area contributed by atoms with Crippen LogP contribution in [-0.4, -0.2) is 22.3 Å². The number of nitrogens with two attached hydrogens (primary N) is 1. The van der Waals surface area contributed by atoms with Crippen LogP contribution in [0.15, 0.2) is 30.5 Å². The third-order valence-corrected chi connectivity index (χ3v) is 2.51. The molecule has 1 aromatic heterocycles. The number of aryl methyl sites for hydroxylation is 1. The van der Waals surface area contributed by atoms with Crippen molar-refractivity contribution in [1.29, 1.82) is 5.26 Å². The predicted molar refractivity (Wildman–Crippen MR) is 68.7 cm³/mol. The Hall–Kier alpha value is -2.81. The highest BCUT2D eigenvalue weighted by atomic mass is 16.5. The largest absolute Gasteiger partial charge is 0.484 e. The average molecular weight is 256 g/mol. The van der Waals surface area contributed by atoms with Crippen LogP contribution in [0.25, 0.3) is 0 Å². The number of benzene rings is 1. The molecule has 0 saturated heterocycles.